The van der Waals surface area contributed by atoms with Crippen molar-refractivity contribution in [2.45, 2.75) is 25.3 Å². The fourth-order valence-corrected chi connectivity index (χ4v) is 0.915. The summed E-state index contributed by atoms with van der Waals surface area (Å²) in [5.74, 6) is -1.05. The number of carbonyl (C=O) groups is 1. The molecule has 4 nitrogen and oxygen atoms in total. The number of allylic oxidation sites excluding steroid dienone is 1. The van der Waals surface area contributed by atoms with Crippen molar-refractivity contribution in [3.05, 3.63) is 11.9 Å². The van der Waals surface area contributed by atoms with Crippen LogP contribution in [-0.2, 0) is 9.53 Å². The molecule has 0 aliphatic rings. The predicted molar refractivity (Wildman–Crippen MR) is 50.1 cm³/mol. The van der Waals surface area contributed by atoms with Gasteiger partial charge in [0.25, 0.3) is 0 Å². The second-order valence-corrected chi connectivity index (χ2v) is 3.24. The molecule has 0 amide bonds. The Morgan fingerprint density at radius 2 is 2.29 bits per heavy atom. The zero-order chi connectivity index (χ0) is 11.2. The number of hydrogen-bond donors (Lipinski definition) is 2. The summed E-state index contributed by atoms with van der Waals surface area (Å²) in [5.41, 5.74) is 4.40. The summed E-state index contributed by atoms with van der Waals surface area (Å²) in [6.45, 7) is 1.12. The molecule has 0 aliphatic heterocycles. The highest BCUT2D eigenvalue weighted by molar-refractivity contribution is 5.79. The van der Waals surface area contributed by atoms with E-state index in [-0.39, 0.29) is 19.4 Å². The average molecular weight is 205 g/mol. The summed E-state index contributed by atoms with van der Waals surface area (Å²) in [6, 6.07) is 0. The zero-order valence-corrected chi connectivity index (χ0v) is 8.42. The molecule has 0 aromatic rings. The van der Waals surface area contributed by atoms with Gasteiger partial charge in [0.1, 0.15) is 5.54 Å². The molecular weight excluding hydrogens is 189 g/mol. The molecule has 3 N–H and O–H groups in total. The number of methoxy groups -OCH3 is 1. The number of aliphatic hydroxyl groups excluding tert-OH is 1. The Bertz CT molecular complexity index is 226. The molecule has 5 heteroatoms. The molecule has 1 atom stereocenters. The smallest absolute Gasteiger partial charge is 0.325 e. The maximum atomic E-state index is 12.8. The molecule has 0 rings (SSSR count). The first-order valence-electron chi connectivity index (χ1n) is 4.26. The molecule has 14 heavy (non-hydrogen) atoms. The van der Waals surface area contributed by atoms with Gasteiger partial charge in [-0.2, -0.15) is 0 Å². The highest BCUT2D eigenvalue weighted by Gasteiger charge is 2.29. The van der Waals surface area contributed by atoms with E-state index in [9.17, 15) is 9.18 Å². The van der Waals surface area contributed by atoms with Crippen molar-refractivity contribution in [1.29, 1.82) is 0 Å². The molecule has 0 aliphatic carbocycles. The van der Waals surface area contributed by atoms with Crippen LogP contribution in [-0.4, -0.2) is 30.3 Å². The summed E-state index contributed by atoms with van der Waals surface area (Å²) in [7, 11) is 1.23. The predicted octanol–water partition coefficient (Wildman–Crippen LogP) is 0.503. The number of hydrogen-bond acceptors (Lipinski definition) is 4. The summed E-state index contributed by atoms with van der Waals surface area (Å²) in [4.78, 5) is 11.1. The third-order valence-electron chi connectivity index (χ3n) is 1.85. The SMILES string of the molecule is COC(=O)C(C)(N)CC/C(F)=C\CO. The van der Waals surface area contributed by atoms with E-state index in [1.54, 1.807) is 0 Å². The summed E-state index contributed by atoms with van der Waals surface area (Å²) in [6.07, 6.45) is 1.19. The molecular formula is C9H16FNO3. The molecule has 0 fully saturated rings. The third-order valence-corrected chi connectivity index (χ3v) is 1.85. The van der Waals surface area contributed by atoms with Gasteiger partial charge < -0.3 is 15.6 Å². The van der Waals surface area contributed by atoms with Crippen LogP contribution in [0.5, 0.6) is 0 Å². The first-order valence-corrected chi connectivity index (χ1v) is 4.26. The van der Waals surface area contributed by atoms with Gasteiger partial charge in [0, 0.05) is 6.42 Å². The van der Waals surface area contributed by atoms with E-state index in [0.29, 0.717) is 0 Å². The van der Waals surface area contributed by atoms with Gasteiger partial charge in [-0.25, -0.2) is 4.39 Å². The third kappa shape index (κ3) is 4.34. The van der Waals surface area contributed by atoms with Gasteiger partial charge in [0.2, 0.25) is 0 Å². The van der Waals surface area contributed by atoms with Crippen molar-refractivity contribution in [3.8, 4) is 0 Å². The number of nitrogens with two attached hydrogens (primary N) is 1. The second kappa shape index (κ2) is 5.72. The Morgan fingerprint density at radius 1 is 1.71 bits per heavy atom. The molecule has 0 saturated carbocycles. The van der Waals surface area contributed by atoms with Crippen LogP contribution in [0, 0.1) is 0 Å². The summed E-state index contributed by atoms with van der Waals surface area (Å²) < 4.78 is 17.2. The molecule has 0 aromatic carbocycles. The Balaban J connectivity index is 4.11. The Hall–Kier alpha value is -0.940. The average Bonchev–Trinajstić information content (AvgIpc) is 2.14. The van der Waals surface area contributed by atoms with Crippen LogP contribution in [0.25, 0.3) is 0 Å². The largest absolute Gasteiger partial charge is 0.468 e. The van der Waals surface area contributed by atoms with Crippen LogP contribution in [0.2, 0.25) is 0 Å². The lowest BCUT2D eigenvalue weighted by Crippen LogP contribution is -2.45. The van der Waals surface area contributed by atoms with Gasteiger partial charge in [0.05, 0.1) is 19.5 Å². The number of carbonyl (C=O) groups excluding carboxylic acids is 1. The quantitative estimate of drug-likeness (QED) is 0.641. The van der Waals surface area contributed by atoms with Crippen molar-refractivity contribution in [2.75, 3.05) is 13.7 Å². The molecule has 0 radical (unpaired) electrons. The van der Waals surface area contributed by atoms with Gasteiger partial charge in [-0.15, -0.1) is 0 Å². The molecule has 0 aromatic heterocycles. The molecule has 0 saturated heterocycles. The number of ether oxygens (including phenoxy) is 1. The van der Waals surface area contributed by atoms with Crippen molar-refractivity contribution < 1.29 is 19.0 Å². The van der Waals surface area contributed by atoms with E-state index in [2.05, 4.69) is 4.74 Å². The van der Waals surface area contributed by atoms with E-state index in [1.807, 2.05) is 0 Å². The first kappa shape index (κ1) is 13.1. The van der Waals surface area contributed by atoms with Gasteiger partial charge in [0.15, 0.2) is 0 Å². The van der Waals surface area contributed by atoms with E-state index < -0.39 is 17.3 Å². The molecule has 0 bridgehead atoms. The minimum absolute atomic E-state index is 0.0165. The van der Waals surface area contributed by atoms with Crippen LogP contribution >= 0.6 is 0 Å². The van der Waals surface area contributed by atoms with Crippen molar-refractivity contribution >= 4 is 5.97 Å². The molecule has 0 heterocycles. The fraction of sp³-hybridized carbons (Fsp3) is 0.667. The maximum Gasteiger partial charge on any atom is 0.325 e. The van der Waals surface area contributed by atoms with E-state index in [4.69, 9.17) is 10.8 Å². The monoisotopic (exact) mass is 205 g/mol. The highest BCUT2D eigenvalue weighted by atomic mass is 19.1. The Morgan fingerprint density at radius 3 is 2.71 bits per heavy atom. The van der Waals surface area contributed by atoms with Crippen molar-refractivity contribution in [3.63, 3.8) is 0 Å². The molecule has 82 valence electrons. The van der Waals surface area contributed by atoms with Crippen LogP contribution < -0.4 is 5.73 Å². The molecule has 1 unspecified atom stereocenters. The number of rotatable bonds is 5. The molecule has 0 spiro atoms. The topological polar surface area (TPSA) is 72.5 Å². The lowest BCUT2D eigenvalue weighted by molar-refractivity contribution is -0.146. The second-order valence-electron chi connectivity index (χ2n) is 3.24. The van der Waals surface area contributed by atoms with Crippen LogP contribution in [0.4, 0.5) is 4.39 Å². The minimum Gasteiger partial charge on any atom is -0.468 e. The van der Waals surface area contributed by atoms with Crippen molar-refractivity contribution in [2.24, 2.45) is 5.73 Å². The lowest BCUT2D eigenvalue weighted by Gasteiger charge is -2.20. The normalized spacial score (nSPS) is 16.2. The van der Waals surface area contributed by atoms with Crippen LogP contribution in [0.1, 0.15) is 19.8 Å². The number of aliphatic hydroxyl groups is 1. The van der Waals surface area contributed by atoms with Crippen molar-refractivity contribution in [1.82, 2.24) is 0 Å². The van der Waals surface area contributed by atoms with E-state index in [1.165, 1.54) is 14.0 Å². The minimum atomic E-state index is -1.19. The first-order chi connectivity index (χ1) is 6.44. The van der Waals surface area contributed by atoms with E-state index in [0.717, 1.165) is 6.08 Å². The van der Waals surface area contributed by atoms with Gasteiger partial charge in [-0.05, 0) is 19.4 Å². The zero-order valence-electron chi connectivity index (χ0n) is 8.42. The number of halogens is 1. The van der Waals surface area contributed by atoms with Gasteiger partial charge >= 0.3 is 5.97 Å². The Labute approximate surface area is 82.5 Å². The fourth-order valence-electron chi connectivity index (χ4n) is 0.915. The standard InChI is InChI=1S/C9H16FNO3/c1-9(11,8(13)14-2)5-3-7(10)4-6-12/h4,12H,3,5-6,11H2,1-2H3/b7-4+. The summed E-state index contributed by atoms with van der Waals surface area (Å²) in [5, 5.41) is 8.38. The van der Waals surface area contributed by atoms with Gasteiger partial charge in [-0.1, -0.05) is 0 Å². The van der Waals surface area contributed by atoms with Gasteiger partial charge in [-0.3, -0.25) is 4.79 Å². The number of esters is 1. The Kier molecular flexibility index (Phi) is 5.34. The van der Waals surface area contributed by atoms with E-state index >= 15 is 0 Å². The maximum absolute atomic E-state index is 12.8. The summed E-state index contributed by atoms with van der Waals surface area (Å²) >= 11 is 0. The lowest BCUT2D eigenvalue weighted by atomic mass is 9.97. The highest BCUT2D eigenvalue weighted by Crippen LogP contribution is 2.15. The van der Waals surface area contributed by atoms with Crippen LogP contribution in [0.15, 0.2) is 11.9 Å². The van der Waals surface area contributed by atoms with Crippen LogP contribution in [0.3, 0.4) is 0 Å².